The molecule has 27 heavy (non-hydrogen) atoms. The van der Waals surface area contributed by atoms with Gasteiger partial charge in [0.2, 0.25) is 5.91 Å². The Kier molecular flexibility index (Phi) is 4.89. The molecular weight excluding hydrogens is 340 g/mol. The highest BCUT2D eigenvalue weighted by Gasteiger charge is 2.48. The van der Waals surface area contributed by atoms with Gasteiger partial charge in [-0.25, -0.2) is 5.43 Å². The Morgan fingerprint density at radius 3 is 2.33 bits per heavy atom. The molecule has 0 aromatic heterocycles. The van der Waals surface area contributed by atoms with Crippen molar-refractivity contribution in [3.05, 3.63) is 29.8 Å². The number of rotatable bonds is 5. The Morgan fingerprint density at radius 1 is 1.07 bits per heavy atom. The lowest BCUT2D eigenvalue weighted by Crippen LogP contribution is -2.56. The van der Waals surface area contributed by atoms with Gasteiger partial charge in [-0.2, -0.15) is 5.10 Å². The number of nitrogens with zero attached hydrogens (tertiary/aromatic N) is 1. The average molecular weight is 368 g/mol. The molecule has 0 saturated heterocycles. The van der Waals surface area contributed by atoms with E-state index < -0.39 is 0 Å². The number of anilines is 1. The Balaban J connectivity index is 1.30. The molecule has 4 saturated carbocycles. The van der Waals surface area contributed by atoms with Crippen molar-refractivity contribution in [2.75, 3.05) is 5.73 Å². The molecule has 0 unspecified atom stereocenters. The van der Waals surface area contributed by atoms with Gasteiger partial charge in [0.25, 0.3) is 5.91 Å². The Morgan fingerprint density at radius 2 is 1.70 bits per heavy atom. The summed E-state index contributed by atoms with van der Waals surface area (Å²) in [7, 11) is 0. The Bertz CT molecular complexity index is 745. The molecule has 4 bridgehead atoms. The van der Waals surface area contributed by atoms with Crippen LogP contribution in [0.15, 0.2) is 29.4 Å². The number of amides is 2. The zero-order valence-corrected chi connectivity index (χ0v) is 15.8. The van der Waals surface area contributed by atoms with Crippen LogP contribution in [-0.4, -0.2) is 23.6 Å². The second kappa shape index (κ2) is 7.33. The summed E-state index contributed by atoms with van der Waals surface area (Å²) in [6, 6.07) is 7.17. The monoisotopic (exact) mass is 368 g/mol. The fraction of sp³-hybridized carbons (Fsp3) is 0.571. The first kappa shape index (κ1) is 18.0. The van der Waals surface area contributed by atoms with Crippen molar-refractivity contribution in [1.82, 2.24) is 10.7 Å². The van der Waals surface area contributed by atoms with Gasteiger partial charge in [0, 0.05) is 17.4 Å². The zero-order valence-electron chi connectivity index (χ0n) is 15.8. The molecule has 0 heterocycles. The largest absolute Gasteiger partial charge is 0.398 e. The molecule has 6 nitrogen and oxygen atoms in total. The average Bonchev–Trinajstić information content (AvgIpc) is 2.62. The van der Waals surface area contributed by atoms with Gasteiger partial charge in [0.05, 0.1) is 12.0 Å². The number of carbonyl (C=O) groups is 2. The number of nitrogen functional groups attached to an aromatic ring is 1. The molecular formula is C21H28N4O2. The normalized spacial score (nSPS) is 31.6. The maximum atomic E-state index is 12.5. The lowest BCUT2D eigenvalue weighted by Gasteiger charge is -2.54. The number of benzene rings is 1. The van der Waals surface area contributed by atoms with Gasteiger partial charge >= 0.3 is 0 Å². The Hall–Kier alpha value is -2.37. The standard InChI is InChI=1S/C21H28N4O2/c1-12(24-25-21(27)17-4-2-3-5-18(17)22)6-19(26)23-20-15-8-13-7-14(10-15)11-16(20)9-13/h2-5,13-16,20H,6-11,22H2,1H3,(H,23,26)(H,25,27)/b24-12-. The van der Waals surface area contributed by atoms with Crippen molar-refractivity contribution in [3.63, 3.8) is 0 Å². The maximum Gasteiger partial charge on any atom is 0.273 e. The highest BCUT2D eigenvalue weighted by molar-refractivity contribution is 6.02. The molecule has 0 spiro atoms. The van der Waals surface area contributed by atoms with E-state index >= 15 is 0 Å². The van der Waals surface area contributed by atoms with Crippen LogP contribution in [0.3, 0.4) is 0 Å². The van der Waals surface area contributed by atoms with Crippen molar-refractivity contribution < 1.29 is 9.59 Å². The van der Waals surface area contributed by atoms with E-state index in [0.29, 0.717) is 34.8 Å². The van der Waals surface area contributed by atoms with E-state index in [1.165, 1.54) is 32.1 Å². The fourth-order valence-electron chi connectivity index (χ4n) is 5.58. The first-order chi connectivity index (χ1) is 13.0. The minimum atomic E-state index is -0.367. The van der Waals surface area contributed by atoms with Crippen molar-refractivity contribution in [2.24, 2.45) is 28.8 Å². The molecule has 4 fully saturated rings. The van der Waals surface area contributed by atoms with Crippen molar-refractivity contribution >= 4 is 23.2 Å². The second-order valence-electron chi connectivity index (χ2n) is 8.58. The molecule has 1 aromatic carbocycles. The number of nitrogens with two attached hydrogens (primary N) is 1. The molecule has 0 radical (unpaired) electrons. The van der Waals surface area contributed by atoms with Gasteiger partial charge < -0.3 is 11.1 Å². The van der Waals surface area contributed by atoms with Crippen LogP contribution in [0.4, 0.5) is 5.69 Å². The van der Waals surface area contributed by atoms with E-state index in [2.05, 4.69) is 15.8 Å². The third-order valence-corrected chi connectivity index (χ3v) is 6.52. The fourth-order valence-corrected chi connectivity index (χ4v) is 5.58. The van der Waals surface area contributed by atoms with Gasteiger partial charge in [0.1, 0.15) is 0 Å². The van der Waals surface area contributed by atoms with Crippen LogP contribution < -0.4 is 16.5 Å². The first-order valence-corrected chi connectivity index (χ1v) is 9.97. The summed E-state index contributed by atoms with van der Waals surface area (Å²) in [5, 5.41) is 7.34. The summed E-state index contributed by atoms with van der Waals surface area (Å²) in [6.45, 7) is 1.76. The molecule has 1 aromatic rings. The smallest absolute Gasteiger partial charge is 0.273 e. The summed E-state index contributed by atoms with van der Waals surface area (Å²) >= 11 is 0. The minimum absolute atomic E-state index is 0.00203. The van der Waals surface area contributed by atoms with Crippen LogP contribution in [0.25, 0.3) is 0 Å². The number of para-hydroxylation sites is 1. The van der Waals surface area contributed by atoms with Gasteiger partial charge in [-0.05, 0) is 74.8 Å². The molecule has 6 heteroatoms. The molecule has 0 atom stereocenters. The van der Waals surface area contributed by atoms with Gasteiger partial charge in [-0.3, -0.25) is 9.59 Å². The quantitative estimate of drug-likeness (QED) is 0.423. The van der Waals surface area contributed by atoms with Crippen molar-refractivity contribution in [3.8, 4) is 0 Å². The third kappa shape index (κ3) is 3.84. The topological polar surface area (TPSA) is 96.6 Å². The molecule has 144 valence electrons. The van der Waals surface area contributed by atoms with Crippen molar-refractivity contribution in [1.29, 1.82) is 0 Å². The lowest BCUT2D eigenvalue weighted by atomic mass is 9.54. The van der Waals surface area contributed by atoms with Crippen LogP contribution in [0.2, 0.25) is 0 Å². The summed E-state index contributed by atoms with van der Waals surface area (Å²) in [5.74, 6) is 2.73. The third-order valence-electron chi connectivity index (χ3n) is 6.52. The van der Waals surface area contributed by atoms with Crippen molar-refractivity contribution in [2.45, 2.75) is 51.5 Å². The molecule has 0 aliphatic heterocycles. The zero-order chi connectivity index (χ0) is 19.0. The SMILES string of the molecule is C/C(CC(=O)NC1C2CC3CC(C2)CC1C3)=N/NC(=O)c1ccccc1N. The molecule has 2 amide bonds. The van der Waals surface area contributed by atoms with Gasteiger partial charge in [-0.15, -0.1) is 0 Å². The van der Waals surface area contributed by atoms with E-state index in [1.54, 1.807) is 31.2 Å². The summed E-state index contributed by atoms with van der Waals surface area (Å²) in [5.41, 5.74) is 9.66. The maximum absolute atomic E-state index is 12.5. The summed E-state index contributed by atoms with van der Waals surface area (Å²) in [4.78, 5) is 24.6. The second-order valence-corrected chi connectivity index (χ2v) is 8.58. The van der Waals surface area contributed by atoms with E-state index in [-0.39, 0.29) is 18.2 Å². The minimum Gasteiger partial charge on any atom is -0.398 e. The Labute approximate surface area is 160 Å². The molecule has 4 aliphatic carbocycles. The summed E-state index contributed by atoms with van der Waals surface area (Å²) in [6.07, 6.45) is 6.72. The van der Waals surface area contributed by atoms with E-state index in [0.717, 1.165) is 11.8 Å². The highest BCUT2D eigenvalue weighted by atomic mass is 16.2. The van der Waals surface area contributed by atoms with Crippen LogP contribution in [0.5, 0.6) is 0 Å². The predicted octanol–water partition coefficient (Wildman–Crippen LogP) is 2.71. The first-order valence-electron chi connectivity index (χ1n) is 9.97. The predicted molar refractivity (Wildman–Crippen MR) is 105 cm³/mol. The highest BCUT2D eigenvalue weighted by Crippen LogP contribution is 2.53. The van der Waals surface area contributed by atoms with E-state index in [1.807, 2.05) is 0 Å². The van der Waals surface area contributed by atoms with E-state index in [4.69, 9.17) is 5.73 Å². The van der Waals surface area contributed by atoms with Crippen LogP contribution in [0, 0.1) is 23.7 Å². The lowest BCUT2D eigenvalue weighted by molar-refractivity contribution is -0.123. The number of hydrogen-bond donors (Lipinski definition) is 3. The van der Waals surface area contributed by atoms with E-state index in [9.17, 15) is 9.59 Å². The van der Waals surface area contributed by atoms with Crippen LogP contribution in [-0.2, 0) is 4.79 Å². The number of hydrazone groups is 1. The van der Waals surface area contributed by atoms with Gasteiger partial charge in [0.15, 0.2) is 0 Å². The number of nitrogens with one attached hydrogen (secondary N) is 2. The summed E-state index contributed by atoms with van der Waals surface area (Å²) < 4.78 is 0. The van der Waals surface area contributed by atoms with Crippen LogP contribution in [0.1, 0.15) is 55.8 Å². The molecule has 4 aliphatic rings. The molecule has 5 rings (SSSR count). The van der Waals surface area contributed by atoms with Gasteiger partial charge in [-0.1, -0.05) is 12.1 Å². The van der Waals surface area contributed by atoms with Crippen LogP contribution >= 0.6 is 0 Å². The number of hydrogen-bond acceptors (Lipinski definition) is 4. The number of carbonyl (C=O) groups excluding carboxylic acids is 2. The molecule has 4 N–H and O–H groups in total.